The van der Waals surface area contributed by atoms with Gasteiger partial charge in [0.05, 0.1) is 29.5 Å². The molecule has 1 aliphatic heterocycles. The number of benzene rings is 1. The lowest BCUT2D eigenvalue weighted by molar-refractivity contribution is -0.138. The molecule has 1 saturated heterocycles. The average Bonchev–Trinajstić information content (AvgIpc) is 3.27. The maximum Gasteiger partial charge on any atom is 0.319 e. The second-order valence-corrected chi connectivity index (χ2v) is 17.4. The maximum atomic E-state index is 15.0. The van der Waals surface area contributed by atoms with Crippen molar-refractivity contribution in [1.29, 1.82) is 0 Å². The van der Waals surface area contributed by atoms with Gasteiger partial charge in [0.15, 0.2) is 17.4 Å². The molecule has 42 heavy (non-hydrogen) atoms. The van der Waals surface area contributed by atoms with E-state index < -0.39 is 37.4 Å². The number of rotatable bonds is 11. The van der Waals surface area contributed by atoms with E-state index in [1.165, 1.54) is 12.3 Å². The number of aromatic nitrogens is 2. The summed E-state index contributed by atoms with van der Waals surface area (Å²) in [5, 5.41) is 5.62. The summed E-state index contributed by atoms with van der Waals surface area (Å²) in [5.74, 6) is -3.19. The van der Waals surface area contributed by atoms with Crippen molar-refractivity contribution >= 4 is 48.3 Å². The quantitative estimate of drug-likeness (QED) is 0.210. The van der Waals surface area contributed by atoms with Gasteiger partial charge in [-0.1, -0.05) is 18.5 Å². The normalized spacial score (nSPS) is 14.6. The molecule has 1 aromatic carbocycles. The summed E-state index contributed by atoms with van der Waals surface area (Å²) in [5.41, 5.74) is 0.323. The fraction of sp³-hybridized carbons (Fsp3) is 0.464. The van der Waals surface area contributed by atoms with Gasteiger partial charge < -0.3 is 34.3 Å². The fourth-order valence-electron chi connectivity index (χ4n) is 4.31. The van der Waals surface area contributed by atoms with E-state index in [1.807, 2.05) is 0 Å². The highest BCUT2D eigenvalue weighted by atomic mass is 35.5. The number of carbonyl (C=O) groups is 2. The van der Waals surface area contributed by atoms with Crippen molar-refractivity contribution in [2.45, 2.75) is 39.3 Å². The molecule has 0 radical (unpaired) electrons. The number of nitrogens with one attached hydrogen (secondary N) is 2. The van der Waals surface area contributed by atoms with E-state index in [2.05, 4.69) is 35.3 Å². The number of fused-ring (bicyclic) bond motifs is 1. The number of pyridine rings is 1. The Morgan fingerprint density at radius 1 is 1.19 bits per heavy atom. The Kier molecular flexibility index (Phi) is 10.4. The SMILES string of the molecule is CC(CNC(=O)Nc1cc(F)c(Oc2ccnc3c2c(Cl)cn3COCC[Si-](C)(C)C)c(F)c1)C(=O)N1CCOCC1. The van der Waals surface area contributed by atoms with Crippen LogP contribution in [0.2, 0.25) is 30.7 Å². The number of nitrogens with zero attached hydrogens (tertiary/aromatic N) is 3. The zero-order valence-electron chi connectivity index (χ0n) is 24.1. The smallest absolute Gasteiger partial charge is 0.319 e. The van der Waals surface area contributed by atoms with Gasteiger partial charge in [0.25, 0.3) is 0 Å². The maximum absolute atomic E-state index is 15.0. The molecule has 3 aromatic rings. The number of carbonyl (C=O) groups excluding carboxylic acids is 2. The van der Waals surface area contributed by atoms with Gasteiger partial charge in [-0.3, -0.25) is 4.79 Å². The minimum absolute atomic E-state index is 0.0516. The van der Waals surface area contributed by atoms with Crippen LogP contribution in [0.25, 0.3) is 11.0 Å². The van der Waals surface area contributed by atoms with E-state index in [9.17, 15) is 9.59 Å². The number of morpholine rings is 1. The van der Waals surface area contributed by atoms with E-state index in [-0.39, 0.29) is 30.6 Å². The predicted molar refractivity (Wildman–Crippen MR) is 159 cm³/mol. The minimum atomic E-state index is -1.25. The zero-order chi connectivity index (χ0) is 30.4. The van der Waals surface area contributed by atoms with Crippen LogP contribution in [0.1, 0.15) is 6.92 Å². The Hall–Kier alpha value is -3.26. The first-order valence-electron chi connectivity index (χ1n) is 13.7. The highest BCUT2D eigenvalue weighted by Gasteiger charge is 2.23. The van der Waals surface area contributed by atoms with Crippen LogP contribution in [0.3, 0.4) is 0 Å². The Morgan fingerprint density at radius 2 is 1.88 bits per heavy atom. The van der Waals surface area contributed by atoms with Crippen molar-refractivity contribution in [3.8, 4) is 11.5 Å². The predicted octanol–water partition coefficient (Wildman–Crippen LogP) is 5.69. The van der Waals surface area contributed by atoms with Gasteiger partial charge in [-0.25, -0.2) is 18.6 Å². The summed E-state index contributed by atoms with van der Waals surface area (Å²) in [6.07, 6.45) is 3.09. The zero-order valence-corrected chi connectivity index (χ0v) is 25.9. The Morgan fingerprint density at radius 3 is 2.55 bits per heavy atom. The van der Waals surface area contributed by atoms with Crippen molar-refractivity contribution < 1.29 is 32.6 Å². The largest absolute Gasteiger partial charge is 0.450 e. The Bertz CT molecular complexity index is 1400. The molecule has 1 aliphatic rings. The molecule has 0 saturated carbocycles. The first-order valence-corrected chi connectivity index (χ1v) is 17.8. The summed E-state index contributed by atoms with van der Waals surface area (Å²) in [7, 11) is -1.25. The van der Waals surface area contributed by atoms with E-state index >= 15 is 8.78 Å². The monoisotopic (exact) mass is 623 g/mol. The summed E-state index contributed by atoms with van der Waals surface area (Å²) < 4.78 is 48.4. The number of hydrogen-bond acceptors (Lipinski definition) is 6. The molecule has 10 nitrogen and oxygen atoms in total. The van der Waals surface area contributed by atoms with Crippen LogP contribution in [-0.4, -0.2) is 73.9 Å². The van der Waals surface area contributed by atoms with Gasteiger partial charge in [-0.05, 0) is 6.07 Å². The lowest BCUT2D eigenvalue weighted by Gasteiger charge is -2.29. The lowest BCUT2D eigenvalue weighted by atomic mass is 10.1. The van der Waals surface area contributed by atoms with E-state index in [1.54, 1.807) is 22.6 Å². The van der Waals surface area contributed by atoms with Crippen molar-refractivity contribution in [2.24, 2.45) is 5.92 Å². The molecule has 1 unspecified atom stereocenters. The van der Waals surface area contributed by atoms with Crippen LogP contribution in [0.15, 0.2) is 30.6 Å². The number of amides is 3. The van der Waals surface area contributed by atoms with Crippen LogP contribution in [-0.2, 0) is 21.0 Å². The van der Waals surface area contributed by atoms with Gasteiger partial charge in [0.2, 0.25) is 5.91 Å². The summed E-state index contributed by atoms with van der Waals surface area (Å²) in [6.45, 7) is 11.3. The molecule has 14 heteroatoms. The molecule has 2 aromatic heterocycles. The van der Waals surface area contributed by atoms with Crippen LogP contribution >= 0.6 is 11.6 Å². The molecule has 0 aliphatic carbocycles. The lowest BCUT2D eigenvalue weighted by Crippen LogP contribution is -2.46. The van der Waals surface area contributed by atoms with Crippen molar-refractivity contribution in [2.75, 3.05) is 44.8 Å². The second kappa shape index (κ2) is 13.8. The Labute approximate surface area is 249 Å². The van der Waals surface area contributed by atoms with E-state index in [0.717, 1.165) is 18.2 Å². The fourth-order valence-corrected chi connectivity index (χ4v) is 5.36. The summed E-state index contributed by atoms with van der Waals surface area (Å²) in [6, 6.07) is 3.64. The third-order valence-electron chi connectivity index (χ3n) is 6.68. The van der Waals surface area contributed by atoms with Gasteiger partial charge in [0.1, 0.15) is 18.1 Å². The van der Waals surface area contributed by atoms with E-state index in [0.29, 0.717) is 49.0 Å². The molecular weight excluding hydrogens is 588 g/mol. The number of hydrogen-bond donors (Lipinski definition) is 2. The summed E-state index contributed by atoms with van der Waals surface area (Å²) in [4.78, 5) is 30.9. The molecule has 229 valence electrons. The highest BCUT2D eigenvalue weighted by molar-refractivity contribution is 6.76. The van der Waals surface area contributed by atoms with Crippen molar-refractivity contribution in [3.05, 3.63) is 47.2 Å². The van der Waals surface area contributed by atoms with E-state index in [4.69, 9.17) is 25.8 Å². The molecule has 3 heterocycles. The molecular formula is C28H36ClF2N5O5Si-. The third kappa shape index (κ3) is 8.18. The molecule has 1 atom stereocenters. The molecule has 0 spiro atoms. The number of halogens is 3. The van der Waals surface area contributed by atoms with Gasteiger partial charge >= 0.3 is 6.03 Å². The molecule has 1 fully saturated rings. The average molecular weight is 624 g/mol. The minimum Gasteiger partial charge on any atom is -0.450 e. The topological polar surface area (TPSA) is 107 Å². The van der Waals surface area contributed by atoms with Crippen LogP contribution in [0.4, 0.5) is 19.3 Å². The van der Waals surface area contributed by atoms with Crippen molar-refractivity contribution in [3.63, 3.8) is 0 Å². The van der Waals surface area contributed by atoms with Gasteiger partial charge in [-0.2, -0.15) is 19.6 Å². The van der Waals surface area contributed by atoms with Crippen LogP contribution in [0, 0.1) is 17.6 Å². The Balaban J connectivity index is 1.39. The van der Waals surface area contributed by atoms with Crippen LogP contribution < -0.4 is 15.4 Å². The van der Waals surface area contributed by atoms with Crippen LogP contribution in [0.5, 0.6) is 11.5 Å². The molecule has 3 amide bonds. The van der Waals surface area contributed by atoms with Gasteiger partial charge in [-0.15, -0.1) is 14.1 Å². The highest BCUT2D eigenvalue weighted by Crippen LogP contribution is 2.37. The molecule has 0 bridgehead atoms. The molecule has 2 N–H and O–H groups in total. The van der Waals surface area contributed by atoms with Crippen molar-refractivity contribution in [1.82, 2.24) is 19.8 Å². The first kappa shape index (κ1) is 31.7. The number of urea groups is 1. The third-order valence-corrected chi connectivity index (χ3v) is 8.67. The summed E-state index contributed by atoms with van der Waals surface area (Å²) >= 11 is 6.45. The van der Waals surface area contributed by atoms with Gasteiger partial charge in [0, 0.05) is 56.5 Å². The number of ether oxygens (including phenoxy) is 3. The molecule has 4 rings (SSSR count). The number of anilines is 1. The standard InChI is InChI=1S/C28H36ClF2N5O5Si/c1-18(27(37)35-7-9-39-10-8-35)15-33-28(38)34-19-13-21(30)25(22(31)14-19)41-23-5-6-32-26-24(23)20(29)16-36(26)17-40-11-12-42(2,3)4/h5-6,13-14,16,18H,7-12,15,17H2,1-4H3,(H2,33,34,38)/q-1. The second-order valence-electron chi connectivity index (χ2n) is 11.3. The first-order chi connectivity index (χ1) is 19.9.